The van der Waals surface area contributed by atoms with Gasteiger partial charge in [-0.1, -0.05) is 6.42 Å². The van der Waals surface area contributed by atoms with E-state index in [9.17, 15) is 9.90 Å². The van der Waals surface area contributed by atoms with Gasteiger partial charge in [-0.3, -0.25) is 0 Å². The van der Waals surface area contributed by atoms with Gasteiger partial charge in [0.2, 0.25) is 0 Å². The lowest BCUT2D eigenvalue weighted by atomic mass is 9.80. The topological polar surface area (TPSA) is 37.3 Å². The lowest BCUT2D eigenvalue weighted by Gasteiger charge is -2.29. The van der Waals surface area contributed by atoms with Gasteiger partial charge in [-0.05, 0) is 50.4 Å². The lowest BCUT2D eigenvalue weighted by Crippen LogP contribution is -2.30. The van der Waals surface area contributed by atoms with Gasteiger partial charge in [-0.2, -0.15) is 0 Å². The average molecular weight is 196 g/mol. The third-order valence-electron chi connectivity index (χ3n) is 4.11. The van der Waals surface area contributed by atoms with Crippen LogP contribution in [0.5, 0.6) is 0 Å². The molecule has 0 amide bonds. The second-order valence-electron chi connectivity index (χ2n) is 5.51. The Bertz CT molecular complexity index is 222. The number of hydrogen-bond donors (Lipinski definition) is 1. The van der Waals surface area contributed by atoms with E-state index in [2.05, 4.69) is 0 Å². The molecule has 0 saturated heterocycles. The average Bonchev–Trinajstić information content (AvgIpc) is 2.63. The monoisotopic (exact) mass is 196 g/mol. The first-order chi connectivity index (χ1) is 6.61. The van der Waals surface area contributed by atoms with Crippen molar-refractivity contribution >= 4 is 6.29 Å². The Kier molecular flexibility index (Phi) is 2.65. The van der Waals surface area contributed by atoms with Crippen LogP contribution in [-0.4, -0.2) is 17.0 Å². The van der Waals surface area contributed by atoms with Crippen LogP contribution in [0.1, 0.15) is 45.4 Å². The van der Waals surface area contributed by atoms with Gasteiger partial charge in [0, 0.05) is 6.42 Å². The number of carbonyl (C=O) groups excluding carboxylic acids is 1. The van der Waals surface area contributed by atoms with Crippen LogP contribution in [0, 0.1) is 17.8 Å². The van der Waals surface area contributed by atoms with Gasteiger partial charge in [-0.25, -0.2) is 0 Å². The van der Waals surface area contributed by atoms with Crippen LogP contribution in [0.15, 0.2) is 0 Å². The van der Waals surface area contributed by atoms with Crippen LogP contribution in [0.4, 0.5) is 0 Å². The van der Waals surface area contributed by atoms with E-state index in [1.165, 1.54) is 25.7 Å². The second-order valence-corrected chi connectivity index (χ2v) is 5.51. The highest BCUT2D eigenvalue weighted by molar-refractivity contribution is 5.51. The molecular formula is C12H20O2. The van der Waals surface area contributed by atoms with Gasteiger partial charge in [-0.15, -0.1) is 0 Å². The van der Waals surface area contributed by atoms with Gasteiger partial charge in [0.15, 0.2) is 0 Å². The Morgan fingerprint density at radius 1 is 1.43 bits per heavy atom. The van der Waals surface area contributed by atoms with Crippen molar-refractivity contribution in [1.82, 2.24) is 0 Å². The van der Waals surface area contributed by atoms with Gasteiger partial charge in [0.05, 0.1) is 5.60 Å². The minimum Gasteiger partial charge on any atom is -0.390 e. The molecule has 2 saturated carbocycles. The van der Waals surface area contributed by atoms with E-state index in [0.29, 0.717) is 12.3 Å². The minimum atomic E-state index is -0.753. The Morgan fingerprint density at radius 3 is 2.71 bits per heavy atom. The molecule has 4 atom stereocenters. The van der Waals surface area contributed by atoms with E-state index in [1.54, 1.807) is 6.92 Å². The smallest absolute Gasteiger partial charge is 0.122 e. The van der Waals surface area contributed by atoms with E-state index < -0.39 is 5.60 Å². The Hall–Kier alpha value is -0.370. The maximum absolute atomic E-state index is 10.4. The largest absolute Gasteiger partial charge is 0.390 e. The highest BCUT2D eigenvalue weighted by atomic mass is 16.3. The first-order valence-corrected chi connectivity index (χ1v) is 5.77. The zero-order valence-electron chi connectivity index (χ0n) is 8.91. The van der Waals surface area contributed by atoms with Crippen LogP contribution in [-0.2, 0) is 4.79 Å². The summed E-state index contributed by atoms with van der Waals surface area (Å²) in [6, 6.07) is 0. The van der Waals surface area contributed by atoms with Crippen molar-refractivity contribution in [2.24, 2.45) is 17.8 Å². The number of carbonyl (C=O) groups is 1. The SMILES string of the molecule is CC(O)(CC=O)CC1CC2CCC1C2. The molecule has 2 bridgehead atoms. The Morgan fingerprint density at radius 2 is 2.21 bits per heavy atom. The van der Waals surface area contributed by atoms with Crippen molar-refractivity contribution in [2.75, 3.05) is 0 Å². The third kappa shape index (κ3) is 2.00. The fourth-order valence-corrected chi connectivity index (χ4v) is 3.45. The molecule has 2 heteroatoms. The van der Waals surface area contributed by atoms with Crippen molar-refractivity contribution in [1.29, 1.82) is 0 Å². The molecule has 4 unspecified atom stereocenters. The first-order valence-electron chi connectivity index (χ1n) is 5.77. The molecule has 0 heterocycles. The van der Waals surface area contributed by atoms with E-state index in [1.807, 2.05) is 0 Å². The predicted octanol–water partition coefficient (Wildman–Crippen LogP) is 2.15. The molecule has 0 aromatic carbocycles. The summed E-state index contributed by atoms with van der Waals surface area (Å²) in [6.45, 7) is 1.80. The summed E-state index contributed by atoms with van der Waals surface area (Å²) >= 11 is 0. The van der Waals surface area contributed by atoms with Gasteiger partial charge in [0.1, 0.15) is 6.29 Å². The van der Waals surface area contributed by atoms with E-state index in [0.717, 1.165) is 24.5 Å². The van der Waals surface area contributed by atoms with Crippen LogP contribution < -0.4 is 0 Å². The summed E-state index contributed by atoms with van der Waals surface area (Å²) in [5.41, 5.74) is -0.753. The number of fused-ring (bicyclic) bond motifs is 2. The quantitative estimate of drug-likeness (QED) is 0.699. The van der Waals surface area contributed by atoms with Crippen molar-refractivity contribution in [2.45, 2.75) is 51.0 Å². The Labute approximate surface area is 85.7 Å². The molecule has 1 N–H and O–H groups in total. The summed E-state index contributed by atoms with van der Waals surface area (Å²) in [5.74, 6) is 2.46. The molecular weight excluding hydrogens is 176 g/mol. The van der Waals surface area contributed by atoms with Crippen LogP contribution in [0.3, 0.4) is 0 Å². The van der Waals surface area contributed by atoms with Crippen molar-refractivity contribution in [3.05, 3.63) is 0 Å². The molecule has 0 aromatic heterocycles. The number of hydrogen-bond acceptors (Lipinski definition) is 2. The molecule has 2 aliphatic carbocycles. The number of rotatable bonds is 4. The fraction of sp³-hybridized carbons (Fsp3) is 0.917. The Balaban J connectivity index is 1.88. The summed E-state index contributed by atoms with van der Waals surface area (Å²) in [6.07, 6.45) is 7.38. The molecule has 2 aliphatic rings. The third-order valence-corrected chi connectivity index (χ3v) is 4.11. The summed E-state index contributed by atoms with van der Waals surface area (Å²) < 4.78 is 0. The van der Waals surface area contributed by atoms with E-state index in [4.69, 9.17) is 0 Å². The van der Waals surface area contributed by atoms with Crippen molar-refractivity contribution in [3.63, 3.8) is 0 Å². The zero-order valence-corrected chi connectivity index (χ0v) is 8.91. The first kappa shape index (κ1) is 10.2. The predicted molar refractivity (Wildman–Crippen MR) is 54.9 cm³/mol. The molecule has 80 valence electrons. The van der Waals surface area contributed by atoms with Crippen LogP contribution in [0.2, 0.25) is 0 Å². The van der Waals surface area contributed by atoms with E-state index in [-0.39, 0.29) is 0 Å². The fourth-order valence-electron chi connectivity index (χ4n) is 3.45. The molecule has 0 radical (unpaired) electrons. The highest BCUT2D eigenvalue weighted by Gasteiger charge is 2.41. The molecule has 2 fully saturated rings. The number of aldehydes is 1. The summed E-state index contributed by atoms with van der Waals surface area (Å²) in [7, 11) is 0. The van der Waals surface area contributed by atoms with Crippen molar-refractivity contribution < 1.29 is 9.90 Å². The zero-order chi connectivity index (χ0) is 10.2. The molecule has 0 spiro atoms. The molecule has 2 rings (SSSR count). The molecule has 2 nitrogen and oxygen atoms in total. The van der Waals surface area contributed by atoms with Gasteiger partial charge < -0.3 is 9.90 Å². The van der Waals surface area contributed by atoms with Gasteiger partial charge in [0.25, 0.3) is 0 Å². The lowest BCUT2D eigenvalue weighted by molar-refractivity contribution is -0.112. The molecule has 14 heavy (non-hydrogen) atoms. The van der Waals surface area contributed by atoms with Crippen LogP contribution in [0.25, 0.3) is 0 Å². The molecule has 0 aromatic rings. The normalized spacial score (nSPS) is 39.7. The maximum Gasteiger partial charge on any atom is 0.122 e. The summed E-state index contributed by atoms with van der Waals surface area (Å²) in [5, 5.41) is 9.97. The van der Waals surface area contributed by atoms with Gasteiger partial charge >= 0.3 is 0 Å². The highest BCUT2D eigenvalue weighted by Crippen LogP contribution is 2.50. The summed E-state index contributed by atoms with van der Waals surface area (Å²) in [4.78, 5) is 10.4. The number of aliphatic hydroxyl groups is 1. The maximum atomic E-state index is 10.4. The van der Waals surface area contributed by atoms with Crippen LogP contribution >= 0.6 is 0 Å². The van der Waals surface area contributed by atoms with Crippen molar-refractivity contribution in [3.8, 4) is 0 Å². The standard InChI is InChI=1S/C12H20O2/c1-12(14,4-5-13)8-11-7-9-2-3-10(11)6-9/h5,9-11,14H,2-4,6-8H2,1H3. The minimum absolute atomic E-state index is 0.293. The molecule has 0 aliphatic heterocycles. The van der Waals surface area contributed by atoms with E-state index >= 15 is 0 Å². The second kappa shape index (κ2) is 3.65.